The number of benzene rings is 2. The third-order valence-electron chi connectivity index (χ3n) is 7.46. The Balaban J connectivity index is 1.49. The maximum absolute atomic E-state index is 12.9. The highest BCUT2D eigenvalue weighted by Gasteiger charge is 2.24. The Morgan fingerprint density at radius 1 is 1.03 bits per heavy atom. The van der Waals surface area contributed by atoms with E-state index in [1.54, 1.807) is 24.3 Å². The summed E-state index contributed by atoms with van der Waals surface area (Å²) in [4.78, 5) is 42.1. The van der Waals surface area contributed by atoms with Crippen LogP contribution in [-0.2, 0) is 0 Å². The van der Waals surface area contributed by atoms with Gasteiger partial charge in [0.25, 0.3) is 11.6 Å². The quantitative estimate of drug-likeness (QED) is 0.134. The smallest absolute Gasteiger partial charge is 0.293 e. The number of aromatic nitrogens is 1. The maximum atomic E-state index is 12.9. The molecule has 0 saturated carbocycles. The van der Waals surface area contributed by atoms with E-state index < -0.39 is 16.1 Å². The summed E-state index contributed by atoms with van der Waals surface area (Å²) in [6, 6.07) is 9.37. The number of pyridine rings is 1. The lowest BCUT2D eigenvalue weighted by atomic mass is 10.0. The number of H-pyrrole nitrogens is 1. The van der Waals surface area contributed by atoms with Crippen molar-refractivity contribution in [2.45, 2.75) is 71.1 Å². The molecule has 0 atom stereocenters. The average molecular weight is 535 g/mol. The number of unbranched alkanes of at least 4 members (excludes halogenated alkanes) is 7. The molecule has 0 aliphatic carbocycles. The van der Waals surface area contributed by atoms with E-state index >= 15 is 0 Å². The molecule has 208 valence electrons. The van der Waals surface area contributed by atoms with Crippen molar-refractivity contribution in [2.75, 3.05) is 24.5 Å². The lowest BCUT2D eigenvalue weighted by Crippen LogP contribution is -2.24. The van der Waals surface area contributed by atoms with Gasteiger partial charge in [-0.1, -0.05) is 57.9 Å². The topological polar surface area (TPSA) is 129 Å². The number of aromatic hydroxyl groups is 1. The van der Waals surface area contributed by atoms with E-state index in [4.69, 9.17) is 0 Å². The van der Waals surface area contributed by atoms with Gasteiger partial charge in [-0.25, -0.2) is 0 Å². The molecular weight excluding hydrogens is 496 g/mol. The fourth-order valence-corrected chi connectivity index (χ4v) is 5.24. The minimum absolute atomic E-state index is 0.0798. The Bertz CT molecular complexity index is 1380. The minimum Gasteiger partial charge on any atom is -0.503 e. The molecule has 2 aromatic carbocycles. The lowest BCUT2D eigenvalue weighted by molar-refractivity contribution is -0.384. The van der Waals surface area contributed by atoms with Crippen LogP contribution in [0.3, 0.4) is 0 Å². The van der Waals surface area contributed by atoms with Crippen LogP contribution < -0.4 is 15.6 Å². The highest BCUT2D eigenvalue weighted by Crippen LogP contribution is 2.36. The fourth-order valence-electron chi connectivity index (χ4n) is 5.24. The second-order valence-corrected chi connectivity index (χ2v) is 10.3. The summed E-state index contributed by atoms with van der Waals surface area (Å²) in [6.45, 7) is 4.29. The lowest BCUT2D eigenvalue weighted by Gasteiger charge is -2.18. The van der Waals surface area contributed by atoms with Crippen LogP contribution in [0, 0.1) is 10.1 Å². The van der Waals surface area contributed by atoms with Gasteiger partial charge in [0, 0.05) is 42.2 Å². The van der Waals surface area contributed by atoms with Crippen molar-refractivity contribution < 1.29 is 14.8 Å². The predicted octanol–water partition coefficient (Wildman–Crippen LogP) is 6.28. The second-order valence-electron chi connectivity index (χ2n) is 10.3. The molecule has 0 bridgehead atoms. The zero-order valence-electron chi connectivity index (χ0n) is 22.6. The molecule has 1 amide bonds. The molecule has 1 fully saturated rings. The van der Waals surface area contributed by atoms with Crippen molar-refractivity contribution in [2.24, 2.45) is 0 Å². The van der Waals surface area contributed by atoms with Gasteiger partial charge < -0.3 is 20.3 Å². The first-order valence-electron chi connectivity index (χ1n) is 14.1. The highest BCUT2D eigenvalue weighted by molar-refractivity contribution is 5.98. The van der Waals surface area contributed by atoms with E-state index in [1.807, 2.05) is 4.90 Å². The van der Waals surface area contributed by atoms with E-state index in [1.165, 1.54) is 50.7 Å². The largest absolute Gasteiger partial charge is 0.503 e. The number of anilines is 1. The van der Waals surface area contributed by atoms with E-state index in [9.17, 15) is 24.8 Å². The number of amides is 1. The number of nitro benzene ring substituents is 1. The van der Waals surface area contributed by atoms with Crippen LogP contribution >= 0.6 is 0 Å². The van der Waals surface area contributed by atoms with Crippen LogP contribution in [0.4, 0.5) is 11.4 Å². The van der Waals surface area contributed by atoms with Crippen molar-refractivity contribution in [1.29, 1.82) is 0 Å². The number of rotatable bonds is 13. The van der Waals surface area contributed by atoms with Gasteiger partial charge in [-0.2, -0.15) is 0 Å². The normalized spacial score (nSPS) is 13.2. The zero-order chi connectivity index (χ0) is 27.8. The molecule has 4 rings (SSSR count). The zero-order valence-corrected chi connectivity index (χ0v) is 22.6. The Labute approximate surface area is 228 Å². The number of fused-ring (bicyclic) bond motifs is 1. The van der Waals surface area contributed by atoms with E-state index in [0.29, 0.717) is 28.9 Å². The first kappa shape index (κ1) is 28.1. The van der Waals surface area contributed by atoms with Gasteiger partial charge in [-0.05, 0) is 43.5 Å². The average Bonchev–Trinajstić information content (AvgIpc) is 3.48. The van der Waals surface area contributed by atoms with Crippen LogP contribution in [0.25, 0.3) is 22.2 Å². The van der Waals surface area contributed by atoms with Crippen molar-refractivity contribution in [1.82, 2.24) is 10.3 Å². The number of nitrogens with zero attached hydrogens (tertiary/aromatic N) is 2. The standard InChI is InChI=1S/C30H38N4O5/c1-2-3-4-5-6-7-8-9-16-31-30(37)22-12-14-23-24(19-22)32-27(29(36)28(23)35)21-13-15-25(26(20-21)34(38)39)33-17-10-11-18-33/h12-15,19-20,36H,2-11,16-18H2,1H3,(H,31,37)(H,32,35). The molecule has 3 aromatic rings. The molecule has 39 heavy (non-hydrogen) atoms. The van der Waals surface area contributed by atoms with Crippen molar-refractivity contribution in [3.05, 3.63) is 62.3 Å². The van der Waals surface area contributed by atoms with Crippen LogP contribution in [0.5, 0.6) is 5.75 Å². The molecule has 0 radical (unpaired) electrons. The molecule has 1 aliphatic rings. The molecule has 9 nitrogen and oxygen atoms in total. The summed E-state index contributed by atoms with van der Waals surface area (Å²) in [5.41, 5.74) is 1.02. The fraction of sp³-hybridized carbons (Fsp3) is 0.467. The van der Waals surface area contributed by atoms with E-state index in [2.05, 4.69) is 17.2 Å². The molecule has 0 unspecified atom stereocenters. The van der Waals surface area contributed by atoms with Crippen molar-refractivity contribution in [3.8, 4) is 17.0 Å². The number of hydrogen-bond acceptors (Lipinski definition) is 6. The van der Waals surface area contributed by atoms with Gasteiger partial charge in [-0.3, -0.25) is 19.7 Å². The number of nitrogens with one attached hydrogen (secondary N) is 2. The van der Waals surface area contributed by atoms with Gasteiger partial charge in [0.15, 0.2) is 5.75 Å². The Kier molecular flexibility index (Phi) is 9.57. The number of carbonyl (C=O) groups is 1. The van der Waals surface area contributed by atoms with Crippen molar-refractivity contribution in [3.63, 3.8) is 0 Å². The van der Waals surface area contributed by atoms with Gasteiger partial charge >= 0.3 is 0 Å². The Morgan fingerprint density at radius 3 is 2.41 bits per heavy atom. The van der Waals surface area contributed by atoms with Crippen LogP contribution in [-0.4, -0.2) is 40.6 Å². The minimum atomic E-state index is -0.601. The van der Waals surface area contributed by atoms with Crippen LogP contribution in [0.2, 0.25) is 0 Å². The monoisotopic (exact) mass is 534 g/mol. The summed E-state index contributed by atoms with van der Waals surface area (Å²) >= 11 is 0. The van der Waals surface area contributed by atoms with Crippen LogP contribution in [0.15, 0.2) is 41.2 Å². The highest BCUT2D eigenvalue weighted by atomic mass is 16.6. The Hall–Kier alpha value is -3.88. The second kappa shape index (κ2) is 13.3. The number of nitro groups is 1. The van der Waals surface area contributed by atoms with Crippen LogP contribution in [0.1, 0.15) is 81.5 Å². The summed E-state index contributed by atoms with van der Waals surface area (Å²) in [6.07, 6.45) is 11.4. The van der Waals surface area contributed by atoms with E-state index in [0.717, 1.165) is 38.8 Å². The van der Waals surface area contributed by atoms with Crippen molar-refractivity contribution >= 4 is 28.2 Å². The summed E-state index contributed by atoms with van der Waals surface area (Å²) in [5.74, 6) is -0.751. The third kappa shape index (κ3) is 6.77. The number of carbonyl (C=O) groups excluding carboxylic acids is 1. The predicted molar refractivity (Wildman–Crippen MR) is 155 cm³/mol. The summed E-state index contributed by atoms with van der Waals surface area (Å²) in [7, 11) is 0. The molecule has 3 N–H and O–H groups in total. The van der Waals surface area contributed by atoms with E-state index in [-0.39, 0.29) is 22.7 Å². The first-order chi connectivity index (χ1) is 18.9. The molecule has 9 heteroatoms. The van der Waals surface area contributed by atoms with Gasteiger partial charge in [0.2, 0.25) is 5.43 Å². The molecule has 1 aliphatic heterocycles. The Morgan fingerprint density at radius 2 is 1.72 bits per heavy atom. The maximum Gasteiger partial charge on any atom is 0.293 e. The van der Waals surface area contributed by atoms with Gasteiger partial charge in [0.05, 0.1) is 16.1 Å². The van der Waals surface area contributed by atoms with Gasteiger partial charge in [0.1, 0.15) is 5.69 Å². The molecular formula is C30H38N4O5. The molecule has 1 aromatic heterocycles. The summed E-state index contributed by atoms with van der Waals surface area (Å²) < 4.78 is 0. The van der Waals surface area contributed by atoms with Gasteiger partial charge in [-0.15, -0.1) is 0 Å². The SMILES string of the molecule is CCCCCCCCCCNC(=O)c1ccc2c(=O)c(O)c(-c3ccc(N4CCCC4)c([N+](=O)[O-])c3)[nH]c2c1. The first-order valence-corrected chi connectivity index (χ1v) is 14.1. The summed E-state index contributed by atoms with van der Waals surface area (Å²) in [5, 5.41) is 25.7. The molecule has 1 saturated heterocycles. The molecule has 2 heterocycles. The molecule has 0 spiro atoms. The number of hydrogen-bond donors (Lipinski definition) is 3. The number of aromatic amines is 1. The third-order valence-corrected chi connectivity index (χ3v) is 7.46.